The van der Waals surface area contributed by atoms with Crippen LogP contribution in [0.4, 0.5) is 0 Å². The predicted octanol–water partition coefficient (Wildman–Crippen LogP) is 4.01. The van der Waals surface area contributed by atoms with E-state index in [1.54, 1.807) is 0 Å². The molecule has 0 aliphatic rings. The lowest BCUT2D eigenvalue weighted by Gasteiger charge is -2.00. The van der Waals surface area contributed by atoms with E-state index in [-0.39, 0.29) is 0 Å². The molecule has 84 valence electrons. The maximum atomic E-state index is 5.51. The van der Waals surface area contributed by atoms with Gasteiger partial charge in [-0.1, -0.05) is 51.6 Å². The maximum Gasteiger partial charge on any atom is 0.0314 e. The van der Waals surface area contributed by atoms with Gasteiger partial charge in [0.15, 0.2) is 0 Å². The standard InChI is InChI=1S/C10H13N.C2H6.C2H4/c1-3-9-4-6-10(7-5-9)8(2)11;2*1-2/h4-7H,2-3,11H2,1H3;1-2H3;1-2H2. The van der Waals surface area contributed by atoms with Crippen LogP contribution < -0.4 is 5.73 Å². The second kappa shape index (κ2) is 10.6. The second-order valence-electron chi connectivity index (χ2n) is 2.58. The van der Waals surface area contributed by atoms with Gasteiger partial charge in [-0.15, -0.1) is 13.2 Å². The Hall–Kier alpha value is -1.50. The molecule has 0 aliphatic heterocycles. The molecule has 0 aliphatic carbocycles. The van der Waals surface area contributed by atoms with Gasteiger partial charge in [0, 0.05) is 5.70 Å². The van der Waals surface area contributed by atoms with Gasteiger partial charge in [0.2, 0.25) is 0 Å². The van der Waals surface area contributed by atoms with Crippen LogP contribution in [0.15, 0.2) is 44.0 Å². The van der Waals surface area contributed by atoms with Crippen LogP contribution in [0.3, 0.4) is 0 Å². The first-order valence-electron chi connectivity index (χ1n) is 5.27. The molecule has 0 saturated heterocycles. The van der Waals surface area contributed by atoms with Crippen LogP contribution in [-0.2, 0) is 6.42 Å². The summed E-state index contributed by atoms with van der Waals surface area (Å²) in [5.74, 6) is 0. The molecule has 0 saturated carbocycles. The van der Waals surface area contributed by atoms with Crippen molar-refractivity contribution in [3.8, 4) is 0 Å². The minimum Gasteiger partial charge on any atom is -0.399 e. The maximum absolute atomic E-state index is 5.51. The zero-order chi connectivity index (χ0) is 12.3. The van der Waals surface area contributed by atoms with Crippen molar-refractivity contribution in [3.63, 3.8) is 0 Å². The van der Waals surface area contributed by atoms with Gasteiger partial charge in [-0.3, -0.25) is 0 Å². The fourth-order valence-electron chi connectivity index (χ4n) is 0.955. The molecule has 1 nitrogen and oxygen atoms in total. The molecule has 0 aromatic heterocycles. The molecule has 1 aromatic rings. The monoisotopic (exact) mass is 205 g/mol. The highest BCUT2D eigenvalue weighted by molar-refractivity contribution is 5.60. The molecule has 0 spiro atoms. The third-order valence-electron chi connectivity index (χ3n) is 1.73. The van der Waals surface area contributed by atoms with Crippen LogP contribution in [0.25, 0.3) is 5.70 Å². The average molecular weight is 205 g/mol. The fraction of sp³-hybridized carbons (Fsp3) is 0.286. The number of rotatable bonds is 2. The van der Waals surface area contributed by atoms with Crippen molar-refractivity contribution in [1.82, 2.24) is 0 Å². The van der Waals surface area contributed by atoms with Crippen LogP contribution in [0.2, 0.25) is 0 Å². The molecule has 0 fully saturated rings. The largest absolute Gasteiger partial charge is 0.399 e. The minimum atomic E-state index is 0.632. The molecule has 1 heteroatoms. The smallest absolute Gasteiger partial charge is 0.0314 e. The summed E-state index contributed by atoms with van der Waals surface area (Å²) in [6.07, 6.45) is 1.07. The van der Waals surface area contributed by atoms with Crippen molar-refractivity contribution in [2.24, 2.45) is 5.73 Å². The van der Waals surface area contributed by atoms with E-state index in [4.69, 9.17) is 5.73 Å². The van der Waals surface area contributed by atoms with E-state index >= 15 is 0 Å². The predicted molar refractivity (Wildman–Crippen MR) is 71.6 cm³/mol. The molecule has 15 heavy (non-hydrogen) atoms. The van der Waals surface area contributed by atoms with E-state index in [9.17, 15) is 0 Å². The van der Waals surface area contributed by atoms with Crippen LogP contribution in [0, 0.1) is 0 Å². The quantitative estimate of drug-likeness (QED) is 0.725. The zero-order valence-electron chi connectivity index (χ0n) is 10.2. The van der Waals surface area contributed by atoms with Crippen molar-refractivity contribution in [3.05, 3.63) is 55.1 Å². The number of hydrogen-bond acceptors (Lipinski definition) is 1. The van der Waals surface area contributed by atoms with E-state index in [1.165, 1.54) is 5.56 Å². The Bertz CT molecular complexity index is 259. The van der Waals surface area contributed by atoms with Crippen LogP contribution in [0.1, 0.15) is 31.9 Å². The Morgan fingerprint density at radius 2 is 1.53 bits per heavy atom. The highest BCUT2D eigenvalue weighted by Gasteiger charge is 1.92. The minimum absolute atomic E-state index is 0.632. The van der Waals surface area contributed by atoms with E-state index in [2.05, 4.69) is 38.8 Å². The SMILES string of the molecule is C=C.C=C(N)c1ccc(CC)cc1.CC. The van der Waals surface area contributed by atoms with E-state index in [1.807, 2.05) is 26.0 Å². The van der Waals surface area contributed by atoms with Gasteiger partial charge >= 0.3 is 0 Å². The Kier molecular flexibility index (Phi) is 11.2. The van der Waals surface area contributed by atoms with E-state index in [0.29, 0.717) is 5.70 Å². The van der Waals surface area contributed by atoms with Crippen molar-refractivity contribution < 1.29 is 0 Å². The third kappa shape index (κ3) is 6.55. The molecular weight excluding hydrogens is 182 g/mol. The van der Waals surface area contributed by atoms with E-state index in [0.717, 1.165) is 12.0 Å². The topological polar surface area (TPSA) is 26.0 Å². The Morgan fingerprint density at radius 1 is 1.13 bits per heavy atom. The second-order valence-corrected chi connectivity index (χ2v) is 2.58. The summed E-state index contributed by atoms with van der Waals surface area (Å²) in [5, 5.41) is 0. The lowest BCUT2D eigenvalue weighted by atomic mass is 10.1. The summed E-state index contributed by atoms with van der Waals surface area (Å²) in [4.78, 5) is 0. The zero-order valence-corrected chi connectivity index (χ0v) is 10.2. The van der Waals surface area contributed by atoms with Crippen LogP contribution >= 0.6 is 0 Å². The number of aryl methyl sites for hydroxylation is 1. The number of nitrogens with two attached hydrogens (primary N) is 1. The Labute approximate surface area is 94.3 Å². The molecule has 1 aromatic carbocycles. The van der Waals surface area contributed by atoms with Gasteiger partial charge in [0.1, 0.15) is 0 Å². The van der Waals surface area contributed by atoms with Gasteiger partial charge in [-0.05, 0) is 17.5 Å². The molecule has 0 bridgehead atoms. The lowest BCUT2D eigenvalue weighted by Crippen LogP contribution is -1.93. The summed E-state index contributed by atoms with van der Waals surface area (Å²) >= 11 is 0. The lowest BCUT2D eigenvalue weighted by molar-refractivity contribution is 1.14. The Balaban J connectivity index is 0. The van der Waals surface area contributed by atoms with Gasteiger partial charge in [0.05, 0.1) is 0 Å². The molecule has 0 unspecified atom stereocenters. The molecule has 0 heterocycles. The molecule has 0 radical (unpaired) electrons. The summed E-state index contributed by atoms with van der Waals surface area (Å²) in [5.41, 5.74) is 8.49. The Morgan fingerprint density at radius 3 is 1.80 bits per heavy atom. The van der Waals surface area contributed by atoms with Crippen molar-refractivity contribution in [1.29, 1.82) is 0 Å². The molecule has 1 rings (SSSR count). The van der Waals surface area contributed by atoms with Crippen LogP contribution in [0.5, 0.6) is 0 Å². The molecular formula is C14H23N. The van der Waals surface area contributed by atoms with Gasteiger partial charge in [-0.2, -0.15) is 0 Å². The van der Waals surface area contributed by atoms with Crippen molar-refractivity contribution in [2.45, 2.75) is 27.2 Å². The molecule has 2 N–H and O–H groups in total. The van der Waals surface area contributed by atoms with Crippen LogP contribution in [-0.4, -0.2) is 0 Å². The highest BCUT2D eigenvalue weighted by atomic mass is 14.6. The summed E-state index contributed by atoms with van der Waals surface area (Å²) in [7, 11) is 0. The third-order valence-corrected chi connectivity index (χ3v) is 1.73. The molecule has 0 atom stereocenters. The highest BCUT2D eigenvalue weighted by Crippen LogP contribution is 2.08. The average Bonchev–Trinajstić information content (AvgIpc) is 2.34. The van der Waals surface area contributed by atoms with Gasteiger partial charge in [0.25, 0.3) is 0 Å². The first-order valence-corrected chi connectivity index (χ1v) is 5.27. The number of benzene rings is 1. The van der Waals surface area contributed by atoms with Crippen molar-refractivity contribution in [2.75, 3.05) is 0 Å². The summed E-state index contributed by atoms with van der Waals surface area (Å²) < 4.78 is 0. The normalized spacial score (nSPS) is 7.67. The first kappa shape index (κ1) is 15.9. The fourth-order valence-corrected chi connectivity index (χ4v) is 0.955. The summed E-state index contributed by atoms with van der Waals surface area (Å²) in [6, 6.07) is 8.16. The summed E-state index contributed by atoms with van der Waals surface area (Å²) in [6.45, 7) is 15.8. The first-order chi connectivity index (χ1) is 7.24. The van der Waals surface area contributed by atoms with Gasteiger partial charge < -0.3 is 5.73 Å². The van der Waals surface area contributed by atoms with Crippen molar-refractivity contribution >= 4 is 5.70 Å². The van der Waals surface area contributed by atoms with Gasteiger partial charge in [-0.25, -0.2) is 0 Å². The number of hydrogen-bond donors (Lipinski definition) is 1. The molecule has 0 amide bonds. The van der Waals surface area contributed by atoms with E-state index < -0.39 is 0 Å².